The minimum atomic E-state index is -0.579. The van der Waals surface area contributed by atoms with E-state index in [2.05, 4.69) is 5.32 Å². The van der Waals surface area contributed by atoms with Crippen LogP contribution in [0.25, 0.3) is 0 Å². The predicted octanol–water partition coefficient (Wildman–Crippen LogP) is 2.69. The number of nitrogens with one attached hydrogen (secondary N) is 1. The SMILES string of the molecule is CC1(C)C(=O)N(CC(=O)NCc2cccs2)c2ccccc21. The van der Waals surface area contributed by atoms with Crippen LogP contribution in [0, 0.1) is 0 Å². The Hall–Kier alpha value is -2.14. The number of benzene rings is 1. The van der Waals surface area contributed by atoms with E-state index in [1.165, 1.54) is 0 Å². The molecule has 5 heteroatoms. The van der Waals surface area contributed by atoms with E-state index in [0.29, 0.717) is 6.54 Å². The molecule has 0 saturated carbocycles. The van der Waals surface area contributed by atoms with Crippen molar-refractivity contribution in [2.75, 3.05) is 11.4 Å². The van der Waals surface area contributed by atoms with E-state index in [4.69, 9.17) is 0 Å². The molecule has 2 amide bonds. The molecule has 1 aliphatic heterocycles. The maximum Gasteiger partial charge on any atom is 0.240 e. The lowest BCUT2D eigenvalue weighted by atomic mass is 9.86. The summed E-state index contributed by atoms with van der Waals surface area (Å²) in [5, 5.41) is 4.84. The lowest BCUT2D eigenvalue weighted by molar-refractivity contribution is -0.125. The van der Waals surface area contributed by atoms with Gasteiger partial charge in [0, 0.05) is 10.6 Å². The standard InChI is InChI=1S/C17H18N2O2S/c1-17(2)13-7-3-4-8-14(13)19(16(17)21)11-15(20)18-10-12-6-5-9-22-12/h3-9H,10-11H2,1-2H3,(H,18,20). The number of carbonyl (C=O) groups is 2. The van der Waals surface area contributed by atoms with Crippen molar-refractivity contribution in [1.82, 2.24) is 5.32 Å². The third kappa shape index (κ3) is 2.52. The van der Waals surface area contributed by atoms with Crippen molar-refractivity contribution < 1.29 is 9.59 Å². The fraction of sp³-hybridized carbons (Fsp3) is 0.294. The molecule has 0 bridgehead atoms. The molecule has 0 radical (unpaired) electrons. The zero-order valence-corrected chi connectivity index (χ0v) is 13.4. The number of hydrogen-bond acceptors (Lipinski definition) is 3. The van der Waals surface area contributed by atoms with E-state index in [1.807, 2.05) is 55.6 Å². The van der Waals surface area contributed by atoms with Crippen LogP contribution in [0.4, 0.5) is 5.69 Å². The van der Waals surface area contributed by atoms with Crippen LogP contribution in [0.1, 0.15) is 24.3 Å². The van der Waals surface area contributed by atoms with E-state index >= 15 is 0 Å². The number of amides is 2. The summed E-state index contributed by atoms with van der Waals surface area (Å²) < 4.78 is 0. The van der Waals surface area contributed by atoms with E-state index in [-0.39, 0.29) is 18.4 Å². The Labute approximate surface area is 133 Å². The first-order chi connectivity index (χ1) is 10.5. The van der Waals surface area contributed by atoms with Crippen LogP contribution < -0.4 is 10.2 Å². The van der Waals surface area contributed by atoms with E-state index in [9.17, 15) is 9.59 Å². The molecule has 114 valence electrons. The number of rotatable bonds is 4. The third-order valence-electron chi connectivity index (χ3n) is 3.99. The van der Waals surface area contributed by atoms with Gasteiger partial charge >= 0.3 is 0 Å². The van der Waals surface area contributed by atoms with Crippen molar-refractivity contribution in [2.24, 2.45) is 0 Å². The molecule has 2 aromatic rings. The van der Waals surface area contributed by atoms with Crippen LogP contribution in [0.3, 0.4) is 0 Å². The van der Waals surface area contributed by atoms with Crippen LogP contribution in [0.5, 0.6) is 0 Å². The lowest BCUT2D eigenvalue weighted by Gasteiger charge is -2.20. The fourth-order valence-electron chi connectivity index (χ4n) is 2.75. The molecule has 0 atom stereocenters. The average molecular weight is 314 g/mol. The van der Waals surface area contributed by atoms with Gasteiger partial charge in [-0.25, -0.2) is 0 Å². The molecule has 4 nitrogen and oxygen atoms in total. The first-order valence-electron chi connectivity index (χ1n) is 7.20. The Kier molecular flexibility index (Phi) is 3.74. The molecule has 0 aliphatic carbocycles. The molecule has 1 aromatic heterocycles. The molecule has 2 heterocycles. The quantitative estimate of drug-likeness (QED) is 0.943. The van der Waals surface area contributed by atoms with Crippen LogP contribution in [-0.2, 0) is 21.5 Å². The molecule has 1 aromatic carbocycles. The highest BCUT2D eigenvalue weighted by atomic mass is 32.1. The van der Waals surface area contributed by atoms with Gasteiger partial charge in [0.25, 0.3) is 0 Å². The highest BCUT2D eigenvalue weighted by molar-refractivity contribution is 7.09. The van der Waals surface area contributed by atoms with Gasteiger partial charge in [-0.1, -0.05) is 24.3 Å². The van der Waals surface area contributed by atoms with Gasteiger partial charge in [0.1, 0.15) is 6.54 Å². The highest BCUT2D eigenvalue weighted by Gasteiger charge is 2.43. The zero-order chi connectivity index (χ0) is 15.7. The van der Waals surface area contributed by atoms with E-state index in [1.54, 1.807) is 16.2 Å². The lowest BCUT2D eigenvalue weighted by Crippen LogP contribution is -2.42. The summed E-state index contributed by atoms with van der Waals surface area (Å²) in [6.07, 6.45) is 0. The van der Waals surface area contributed by atoms with Crippen molar-refractivity contribution in [3.63, 3.8) is 0 Å². The Morgan fingerprint density at radius 1 is 1.23 bits per heavy atom. The molecule has 3 rings (SSSR count). The second-order valence-corrected chi connectivity index (χ2v) is 6.92. The van der Waals surface area contributed by atoms with E-state index < -0.39 is 5.41 Å². The molecular weight excluding hydrogens is 296 g/mol. The Morgan fingerprint density at radius 3 is 2.73 bits per heavy atom. The zero-order valence-electron chi connectivity index (χ0n) is 12.6. The van der Waals surface area contributed by atoms with Crippen LogP contribution >= 0.6 is 11.3 Å². The van der Waals surface area contributed by atoms with Crippen LogP contribution in [-0.4, -0.2) is 18.4 Å². The number of fused-ring (bicyclic) bond motifs is 1. The number of carbonyl (C=O) groups excluding carboxylic acids is 2. The molecule has 1 N–H and O–H groups in total. The number of nitrogens with zero attached hydrogens (tertiary/aromatic N) is 1. The minimum Gasteiger partial charge on any atom is -0.350 e. The van der Waals surface area contributed by atoms with E-state index in [0.717, 1.165) is 16.1 Å². The Balaban J connectivity index is 1.72. The minimum absolute atomic E-state index is 0.0278. The molecule has 1 aliphatic rings. The third-order valence-corrected chi connectivity index (χ3v) is 4.87. The second kappa shape index (κ2) is 5.57. The molecule has 22 heavy (non-hydrogen) atoms. The van der Waals surface area contributed by atoms with Gasteiger partial charge in [-0.05, 0) is 36.9 Å². The molecule has 0 saturated heterocycles. The fourth-order valence-corrected chi connectivity index (χ4v) is 3.40. The van der Waals surface area contributed by atoms with Crippen molar-refractivity contribution in [3.8, 4) is 0 Å². The molecule has 0 fully saturated rings. The maximum absolute atomic E-state index is 12.6. The number of thiophene rings is 1. The summed E-state index contributed by atoms with van der Waals surface area (Å²) in [5.41, 5.74) is 1.24. The average Bonchev–Trinajstić information content (AvgIpc) is 3.08. The molecule has 0 unspecified atom stereocenters. The van der Waals surface area contributed by atoms with Crippen molar-refractivity contribution in [1.29, 1.82) is 0 Å². The number of anilines is 1. The first kappa shape index (κ1) is 14.8. The smallest absolute Gasteiger partial charge is 0.240 e. The summed E-state index contributed by atoms with van der Waals surface area (Å²) in [4.78, 5) is 27.4. The largest absolute Gasteiger partial charge is 0.350 e. The molecule has 0 spiro atoms. The van der Waals surface area contributed by atoms with Gasteiger partial charge in [-0.2, -0.15) is 0 Å². The van der Waals surface area contributed by atoms with Gasteiger partial charge in [-0.15, -0.1) is 11.3 Å². The van der Waals surface area contributed by atoms with Crippen molar-refractivity contribution in [2.45, 2.75) is 25.8 Å². The van der Waals surface area contributed by atoms with Crippen LogP contribution in [0.15, 0.2) is 41.8 Å². The van der Waals surface area contributed by atoms with Crippen molar-refractivity contribution >= 4 is 28.8 Å². The second-order valence-electron chi connectivity index (χ2n) is 5.89. The Bertz CT molecular complexity index is 707. The first-order valence-corrected chi connectivity index (χ1v) is 8.08. The Morgan fingerprint density at radius 2 is 2.00 bits per heavy atom. The van der Waals surface area contributed by atoms with Gasteiger partial charge in [0.2, 0.25) is 11.8 Å². The highest BCUT2D eigenvalue weighted by Crippen LogP contribution is 2.40. The van der Waals surface area contributed by atoms with Gasteiger partial charge in [-0.3, -0.25) is 9.59 Å². The summed E-state index contributed by atoms with van der Waals surface area (Å²) in [7, 11) is 0. The topological polar surface area (TPSA) is 49.4 Å². The van der Waals surface area contributed by atoms with Crippen molar-refractivity contribution in [3.05, 3.63) is 52.2 Å². The monoisotopic (exact) mass is 314 g/mol. The summed E-state index contributed by atoms with van der Waals surface area (Å²) in [6, 6.07) is 11.6. The summed E-state index contributed by atoms with van der Waals surface area (Å²) >= 11 is 1.60. The van der Waals surface area contributed by atoms with Gasteiger partial charge < -0.3 is 10.2 Å². The summed E-state index contributed by atoms with van der Waals surface area (Å²) in [5.74, 6) is -0.172. The van der Waals surface area contributed by atoms with Gasteiger partial charge in [0.15, 0.2) is 0 Å². The van der Waals surface area contributed by atoms with Gasteiger partial charge in [0.05, 0.1) is 12.0 Å². The normalized spacial score (nSPS) is 15.7. The number of hydrogen-bond donors (Lipinski definition) is 1. The molecular formula is C17H18N2O2S. The van der Waals surface area contributed by atoms with Crippen LogP contribution in [0.2, 0.25) is 0 Å². The maximum atomic E-state index is 12.6. The summed E-state index contributed by atoms with van der Waals surface area (Å²) in [6.45, 7) is 4.36. The predicted molar refractivity (Wildman–Crippen MR) is 88.0 cm³/mol. The number of para-hydroxylation sites is 1.